The van der Waals surface area contributed by atoms with E-state index in [1.54, 1.807) is 6.92 Å². The van der Waals surface area contributed by atoms with E-state index in [0.717, 1.165) is 10.0 Å². The summed E-state index contributed by atoms with van der Waals surface area (Å²) in [7, 11) is 0. The fraction of sp³-hybridized carbons (Fsp3) is 0.500. The van der Waals surface area contributed by atoms with Gasteiger partial charge in [0.2, 0.25) is 0 Å². The number of ether oxygens (including phenoxy) is 2. The standard InChI is InChI=1S/C16H23BrN2O4/c1-5-22-9-14(20)18-19-15(21)10-23-13-7-6-11(17)8-12(13)16(2,3)4/h6-8H,5,9-10H2,1-4H3,(H,18,20)(H,19,21). The van der Waals surface area contributed by atoms with Crippen molar-refractivity contribution < 1.29 is 19.1 Å². The minimum atomic E-state index is -0.447. The van der Waals surface area contributed by atoms with E-state index in [4.69, 9.17) is 9.47 Å². The first-order valence-corrected chi connectivity index (χ1v) is 8.11. The molecular weight excluding hydrogens is 364 g/mol. The van der Waals surface area contributed by atoms with Crippen LogP contribution in [0.15, 0.2) is 22.7 Å². The summed E-state index contributed by atoms with van der Waals surface area (Å²) in [5, 5.41) is 0. The normalized spacial score (nSPS) is 11.0. The maximum absolute atomic E-state index is 11.7. The van der Waals surface area contributed by atoms with E-state index >= 15 is 0 Å². The molecule has 0 atom stereocenters. The fourth-order valence-electron chi connectivity index (χ4n) is 1.76. The molecule has 2 N–H and O–H groups in total. The predicted molar refractivity (Wildman–Crippen MR) is 91.1 cm³/mol. The van der Waals surface area contributed by atoms with Crippen LogP contribution in [0.2, 0.25) is 0 Å². The van der Waals surface area contributed by atoms with E-state index in [1.165, 1.54) is 0 Å². The van der Waals surface area contributed by atoms with Crippen molar-refractivity contribution in [2.45, 2.75) is 33.1 Å². The molecule has 1 aromatic rings. The van der Waals surface area contributed by atoms with Gasteiger partial charge in [-0.2, -0.15) is 0 Å². The Hall–Kier alpha value is -1.60. The second kappa shape index (κ2) is 8.88. The van der Waals surface area contributed by atoms with Crippen LogP contribution in [0.4, 0.5) is 0 Å². The van der Waals surface area contributed by atoms with E-state index in [9.17, 15) is 9.59 Å². The summed E-state index contributed by atoms with van der Waals surface area (Å²) in [5.74, 6) is -0.228. The molecule has 0 aliphatic heterocycles. The van der Waals surface area contributed by atoms with Crippen LogP contribution >= 0.6 is 15.9 Å². The molecule has 0 heterocycles. The first kappa shape index (κ1) is 19.4. The number of hydrazine groups is 1. The van der Waals surface area contributed by atoms with Crippen molar-refractivity contribution in [2.75, 3.05) is 19.8 Å². The number of rotatable bonds is 6. The molecule has 1 rings (SSSR count). The van der Waals surface area contributed by atoms with Crippen LogP contribution in [0.5, 0.6) is 5.75 Å². The molecule has 0 aliphatic carbocycles. The average Bonchev–Trinajstić information content (AvgIpc) is 2.48. The SMILES string of the molecule is CCOCC(=O)NNC(=O)COc1ccc(Br)cc1C(C)(C)C. The second-order valence-corrected chi connectivity index (χ2v) is 6.83. The van der Waals surface area contributed by atoms with Crippen molar-refractivity contribution in [3.63, 3.8) is 0 Å². The third kappa shape index (κ3) is 7.00. The number of benzene rings is 1. The molecule has 2 amide bonds. The van der Waals surface area contributed by atoms with Crippen LogP contribution in [0, 0.1) is 0 Å². The van der Waals surface area contributed by atoms with Crippen LogP contribution in [0.1, 0.15) is 33.3 Å². The molecular formula is C16H23BrN2O4. The maximum atomic E-state index is 11.7. The molecule has 7 heteroatoms. The number of nitrogens with one attached hydrogen (secondary N) is 2. The zero-order valence-electron chi connectivity index (χ0n) is 13.9. The van der Waals surface area contributed by atoms with E-state index in [1.807, 2.05) is 18.2 Å². The van der Waals surface area contributed by atoms with Crippen molar-refractivity contribution >= 4 is 27.7 Å². The van der Waals surface area contributed by atoms with Gasteiger partial charge >= 0.3 is 0 Å². The smallest absolute Gasteiger partial charge is 0.276 e. The number of carbonyl (C=O) groups is 2. The van der Waals surface area contributed by atoms with Gasteiger partial charge in [0, 0.05) is 16.6 Å². The summed E-state index contributed by atoms with van der Waals surface area (Å²) in [6, 6.07) is 5.63. The van der Waals surface area contributed by atoms with Crippen LogP contribution < -0.4 is 15.6 Å². The van der Waals surface area contributed by atoms with Crippen LogP contribution in [-0.4, -0.2) is 31.6 Å². The Morgan fingerprint density at radius 1 is 1.13 bits per heavy atom. The molecule has 0 aromatic heterocycles. The zero-order valence-corrected chi connectivity index (χ0v) is 15.5. The number of hydrogen-bond donors (Lipinski definition) is 2. The molecule has 0 radical (unpaired) electrons. The highest BCUT2D eigenvalue weighted by molar-refractivity contribution is 9.10. The van der Waals surface area contributed by atoms with Gasteiger partial charge in [-0.05, 0) is 30.5 Å². The van der Waals surface area contributed by atoms with Crippen molar-refractivity contribution in [3.05, 3.63) is 28.2 Å². The molecule has 0 saturated heterocycles. The number of halogens is 1. The van der Waals surface area contributed by atoms with Crippen molar-refractivity contribution in [1.29, 1.82) is 0 Å². The highest BCUT2D eigenvalue weighted by Crippen LogP contribution is 2.33. The topological polar surface area (TPSA) is 76.7 Å². The van der Waals surface area contributed by atoms with Crippen molar-refractivity contribution in [3.8, 4) is 5.75 Å². The third-order valence-electron chi connectivity index (χ3n) is 2.89. The lowest BCUT2D eigenvalue weighted by Crippen LogP contribution is -2.45. The molecule has 0 fully saturated rings. The lowest BCUT2D eigenvalue weighted by Gasteiger charge is -2.23. The Balaban J connectivity index is 2.55. The summed E-state index contributed by atoms with van der Waals surface area (Å²) in [4.78, 5) is 23.0. The molecule has 23 heavy (non-hydrogen) atoms. The second-order valence-electron chi connectivity index (χ2n) is 5.91. The lowest BCUT2D eigenvalue weighted by molar-refractivity contribution is -0.132. The van der Waals surface area contributed by atoms with Gasteiger partial charge in [0.05, 0.1) is 0 Å². The Labute approximate surface area is 145 Å². The first-order valence-electron chi connectivity index (χ1n) is 7.32. The van der Waals surface area contributed by atoms with E-state index < -0.39 is 11.8 Å². The van der Waals surface area contributed by atoms with Crippen molar-refractivity contribution in [1.82, 2.24) is 10.9 Å². The van der Waals surface area contributed by atoms with Gasteiger partial charge in [-0.3, -0.25) is 20.4 Å². The highest BCUT2D eigenvalue weighted by atomic mass is 79.9. The maximum Gasteiger partial charge on any atom is 0.276 e. The molecule has 6 nitrogen and oxygen atoms in total. The van der Waals surface area contributed by atoms with Crippen LogP contribution in [0.3, 0.4) is 0 Å². The number of carbonyl (C=O) groups excluding carboxylic acids is 2. The molecule has 0 saturated carbocycles. The Kier molecular flexibility index (Phi) is 7.51. The Morgan fingerprint density at radius 3 is 2.30 bits per heavy atom. The number of amides is 2. The first-order chi connectivity index (χ1) is 10.7. The molecule has 0 bridgehead atoms. The van der Waals surface area contributed by atoms with E-state index in [2.05, 4.69) is 47.6 Å². The quantitative estimate of drug-likeness (QED) is 0.735. The zero-order chi connectivity index (χ0) is 17.5. The van der Waals surface area contributed by atoms with Gasteiger partial charge in [-0.25, -0.2) is 0 Å². The van der Waals surface area contributed by atoms with Crippen LogP contribution in [0.25, 0.3) is 0 Å². The largest absolute Gasteiger partial charge is 0.483 e. The van der Waals surface area contributed by atoms with Gasteiger partial charge < -0.3 is 9.47 Å². The molecule has 0 unspecified atom stereocenters. The summed E-state index contributed by atoms with van der Waals surface area (Å²) in [6.07, 6.45) is 0. The molecule has 128 valence electrons. The highest BCUT2D eigenvalue weighted by Gasteiger charge is 2.20. The van der Waals surface area contributed by atoms with Gasteiger partial charge in [0.25, 0.3) is 11.8 Å². The Morgan fingerprint density at radius 2 is 1.74 bits per heavy atom. The summed E-state index contributed by atoms with van der Waals surface area (Å²) >= 11 is 3.44. The molecule has 1 aromatic carbocycles. The monoisotopic (exact) mass is 386 g/mol. The van der Waals surface area contributed by atoms with E-state index in [-0.39, 0.29) is 18.6 Å². The summed E-state index contributed by atoms with van der Waals surface area (Å²) < 4.78 is 11.4. The third-order valence-corrected chi connectivity index (χ3v) is 3.38. The van der Waals surface area contributed by atoms with Crippen molar-refractivity contribution in [2.24, 2.45) is 0 Å². The Bertz CT molecular complexity index is 556. The lowest BCUT2D eigenvalue weighted by atomic mass is 9.86. The minimum absolute atomic E-state index is 0.0987. The fourth-order valence-corrected chi connectivity index (χ4v) is 2.12. The average molecular weight is 387 g/mol. The van der Waals surface area contributed by atoms with Gasteiger partial charge in [-0.15, -0.1) is 0 Å². The predicted octanol–water partition coefficient (Wildman–Crippen LogP) is 2.31. The summed E-state index contributed by atoms with van der Waals surface area (Å²) in [5.41, 5.74) is 5.40. The summed E-state index contributed by atoms with van der Waals surface area (Å²) in [6.45, 7) is 8.12. The van der Waals surface area contributed by atoms with E-state index in [0.29, 0.717) is 12.4 Å². The minimum Gasteiger partial charge on any atom is -0.483 e. The van der Waals surface area contributed by atoms with Gasteiger partial charge in [0.1, 0.15) is 12.4 Å². The van der Waals surface area contributed by atoms with Gasteiger partial charge in [-0.1, -0.05) is 36.7 Å². The molecule has 0 aliphatic rings. The van der Waals surface area contributed by atoms with Crippen LogP contribution in [-0.2, 0) is 19.7 Å². The van der Waals surface area contributed by atoms with Gasteiger partial charge in [0.15, 0.2) is 6.61 Å². The molecule has 0 spiro atoms. The number of hydrogen-bond acceptors (Lipinski definition) is 4.